The van der Waals surface area contributed by atoms with Crippen LogP contribution in [0.25, 0.3) is 0 Å². The van der Waals surface area contributed by atoms with Crippen LogP contribution in [0.3, 0.4) is 0 Å². The Kier molecular flexibility index (Phi) is 3.76. The van der Waals surface area contributed by atoms with Crippen LogP contribution in [0.1, 0.15) is 55.2 Å². The van der Waals surface area contributed by atoms with Gasteiger partial charge in [-0.2, -0.15) is 0 Å². The number of nitrogens with one attached hydrogen (secondary N) is 1. The van der Waals surface area contributed by atoms with Crippen molar-refractivity contribution >= 4 is 11.6 Å². The third-order valence-electron chi connectivity index (χ3n) is 7.52. The molecule has 140 valence electrons. The Labute approximate surface area is 162 Å². The number of amides is 1. The molecule has 2 unspecified atom stereocenters. The Morgan fingerprint density at radius 3 is 2.00 bits per heavy atom. The third-order valence-corrected chi connectivity index (χ3v) is 7.52. The second kappa shape index (κ2) is 5.95. The lowest BCUT2D eigenvalue weighted by molar-refractivity contribution is -0.143. The summed E-state index contributed by atoms with van der Waals surface area (Å²) in [7, 11) is 0. The van der Waals surface area contributed by atoms with Gasteiger partial charge in [0.05, 0.1) is 5.41 Å². The largest absolute Gasteiger partial charge is 0.326 e. The van der Waals surface area contributed by atoms with E-state index < -0.39 is 0 Å². The van der Waals surface area contributed by atoms with Gasteiger partial charge in [0.25, 0.3) is 0 Å². The number of benzene rings is 2. The van der Waals surface area contributed by atoms with Crippen LogP contribution >= 0.6 is 0 Å². The van der Waals surface area contributed by atoms with Crippen molar-refractivity contribution in [3.05, 3.63) is 65.2 Å². The second-order valence-electron chi connectivity index (χ2n) is 9.71. The van der Waals surface area contributed by atoms with Crippen LogP contribution in [0.4, 0.5) is 5.69 Å². The van der Waals surface area contributed by atoms with E-state index >= 15 is 0 Å². The van der Waals surface area contributed by atoms with E-state index in [1.165, 1.54) is 36.0 Å². The molecule has 2 heteroatoms. The minimum absolute atomic E-state index is 0.181. The molecule has 0 radical (unpaired) electrons. The van der Waals surface area contributed by atoms with Gasteiger partial charge in [-0.3, -0.25) is 4.79 Å². The third kappa shape index (κ3) is 2.81. The summed E-state index contributed by atoms with van der Waals surface area (Å²) < 4.78 is 0. The number of carbonyl (C=O) groups excluding carboxylic acids is 1. The van der Waals surface area contributed by atoms with Crippen LogP contribution in [-0.2, 0) is 10.2 Å². The molecule has 0 saturated heterocycles. The topological polar surface area (TPSA) is 29.1 Å². The Balaban J connectivity index is 1.46. The highest BCUT2D eigenvalue weighted by atomic mass is 16.2. The molecule has 0 spiro atoms. The maximum Gasteiger partial charge on any atom is 0.230 e. The fraction of sp³-hybridized carbons (Fsp3) is 0.480. The van der Waals surface area contributed by atoms with Gasteiger partial charge >= 0.3 is 0 Å². The molecule has 27 heavy (non-hydrogen) atoms. The van der Waals surface area contributed by atoms with E-state index in [0.717, 1.165) is 24.9 Å². The van der Waals surface area contributed by atoms with Crippen molar-refractivity contribution in [1.29, 1.82) is 0 Å². The van der Waals surface area contributed by atoms with E-state index in [4.69, 9.17) is 0 Å². The molecule has 4 saturated carbocycles. The standard InChI is InChI=1S/C25H29NO/c1-17-3-7-21(8-4-17)24-12-19-11-20(13-24)15-25(14-19,16-24)23(27)26-22-9-5-18(2)6-10-22/h3-10,19-20H,11-16H2,1-2H3,(H,26,27). The number of rotatable bonds is 3. The first-order valence-electron chi connectivity index (χ1n) is 10.4. The Morgan fingerprint density at radius 2 is 1.41 bits per heavy atom. The monoisotopic (exact) mass is 359 g/mol. The highest BCUT2D eigenvalue weighted by molar-refractivity contribution is 5.95. The number of carbonyl (C=O) groups is 1. The van der Waals surface area contributed by atoms with Crippen LogP contribution in [0.5, 0.6) is 0 Å². The predicted octanol–water partition coefficient (Wildman–Crippen LogP) is 5.78. The van der Waals surface area contributed by atoms with Gasteiger partial charge in [0.15, 0.2) is 0 Å². The average Bonchev–Trinajstić information content (AvgIpc) is 2.63. The Hall–Kier alpha value is -2.09. The van der Waals surface area contributed by atoms with Gasteiger partial charge in [0.2, 0.25) is 5.91 Å². The van der Waals surface area contributed by atoms with E-state index in [2.05, 4.69) is 55.6 Å². The first-order chi connectivity index (χ1) is 13.0. The Bertz CT molecular complexity index is 850. The second-order valence-corrected chi connectivity index (χ2v) is 9.71. The summed E-state index contributed by atoms with van der Waals surface area (Å²) in [5.41, 5.74) is 4.97. The minimum atomic E-state index is -0.181. The minimum Gasteiger partial charge on any atom is -0.326 e. The van der Waals surface area contributed by atoms with Crippen molar-refractivity contribution in [1.82, 2.24) is 0 Å². The smallest absolute Gasteiger partial charge is 0.230 e. The molecule has 0 aliphatic heterocycles. The molecule has 6 rings (SSSR count). The molecular formula is C25H29NO. The molecule has 1 amide bonds. The number of anilines is 1. The molecule has 0 aromatic heterocycles. The number of hydrogen-bond acceptors (Lipinski definition) is 1. The highest BCUT2D eigenvalue weighted by Crippen LogP contribution is 2.66. The lowest BCUT2D eigenvalue weighted by Gasteiger charge is -2.61. The number of hydrogen-bond donors (Lipinski definition) is 1. The molecule has 4 fully saturated rings. The van der Waals surface area contributed by atoms with Crippen molar-refractivity contribution in [2.24, 2.45) is 17.3 Å². The van der Waals surface area contributed by atoms with Crippen molar-refractivity contribution in [2.45, 2.75) is 57.8 Å². The van der Waals surface area contributed by atoms with Gasteiger partial charge in [0, 0.05) is 5.69 Å². The molecule has 0 heterocycles. The molecular weight excluding hydrogens is 330 g/mol. The fourth-order valence-electron chi connectivity index (χ4n) is 6.67. The maximum atomic E-state index is 13.5. The first-order valence-corrected chi connectivity index (χ1v) is 10.4. The lowest BCUT2D eigenvalue weighted by Crippen LogP contribution is -2.57. The quantitative estimate of drug-likeness (QED) is 0.739. The summed E-state index contributed by atoms with van der Waals surface area (Å²) in [4.78, 5) is 13.5. The first kappa shape index (κ1) is 17.0. The normalized spacial score (nSPS) is 33.9. The summed E-state index contributed by atoms with van der Waals surface area (Å²) in [5, 5.41) is 3.27. The molecule has 2 aromatic rings. The summed E-state index contributed by atoms with van der Waals surface area (Å²) in [5.74, 6) is 1.67. The zero-order valence-electron chi connectivity index (χ0n) is 16.4. The predicted molar refractivity (Wildman–Crippen MR) is 110 cm³/mol. The van der Waals surface area contributed by atoms with E-state index in [-0.39, 0.29) is 16.7 Å². The number of aryl methyl sites for hydroxylation is 2. The summed E-state index contributed by atoms with van der Waals surface area (Å²) in [6.07, 6.45) is 7.04. The summed E-state index contributed by atoms with van der Waals surface area (Å²) in [6.45, 7) is 4.23. The van der Waals surface area contributed by atoms with Crippen LogP contribution in [0.2, 0.25) is 0 Å². The van der Waals surface area contributed by atoms with Crippen molar-refractivity contribution in [3.8, 4) is 0 Å². The fourth-order valence-corrected chi connectivity index (χ4v) is 6.67. The molecule has 2 nitrogen and oxygen atoms in total. The van der Waals surface area contributed by atoms with Crippen molar-refractivity contribution < 1.29 is 4.79 Å². The van der Waals surface area contributed by atoms with Gasteiger partial charge in [-0.05, 0) is 87.3 Å². The van der Waals surface area contributed by atoms with Gasteiger partial charge in [-0.1, -0.05) is 47.5 Å². The zero-order valence-corrected chi connectivity index (χ0v) is 16.4. The van der Waals surface area contributed by atoms with E-state index in [1.807, 2.05) is 12.1 Å². The van der Waals surface area contributed by atoms with Gasteiger partial charge < -0.3 is 5.32 Å². The van der Waals surface area contributed by atoms with Crippen LogP contribution in [-0.4, -0.2) is 5.91 Å². The van der Waals surface area contributed by atoms with Crippen molar-refractivity contribution in [3.63, 3.8) is 0 Å². The van der Waals surface area contributed by atoms with Gasteiger partial charge in [0.1, 0.15) is 0 Å². The summed E-state index contributed by atoms with van der Waals surface area (Å²) >= 11 is 0. The zero-order chi connectivity index (χ0) is 18.6. The average molecular weight is 360 g/mol. The van der Waals surface area contributed by atoms with Gasteiger partial charge in [-0.15, -0.1) is 0 Å². The van der Waals surface area contributed by atoms with Crippen LogP contribution in [0.15, 0.2) is 48.5 Å². The SMILES string of the molecule is Cc1ccc(NC(=O)C23CC4CC(C2)CC(c2ccc(C)cc2)(C4)C3)cc1. The van der Waals surface area contributed by atoms with E-state index in [0.29, 0.717) is 11.8 Å². The van der Waals surface area contributed by atoms with Crippen molar-refractivity contribution in [2.75, 3.05) is 5.32 Å². The highest BCUT2D eigenvalue weighted by Gasteiger charge is 2.60. The molecule has 2 aromatic carbocycles. The molecule has 1 N–H and O–H groups in total. The maximum absolute atomic E-state index is 13.5. The van der Waals surface area contributed by atoms with Crippen LogP contribution in [0, 0.1) is 31.1 Å². The van der Waals surface area contributed by atoms with E-state index in [1.54, 1.807) is 0 Å². The molecule has 4 bridgehead atoms. The molecule has 4 aliphatic carbocycles. The molecule has 2 atom stereocenters. The Morgan fingerprint density at radius 1 is 0.852 bits per heavy atom. The van der Waals surface area contributed by atoms with Gasteiger partial charge in [-0.25, -0.2) is 0 Å². The lowest BCUT2D eigenvalue weighted by atomic mass is 9.42. The molecule has 4 aliphatic rings. The van der Waals surface area contributed by atoms with Crippen LogP contribution < -0.4 is 5.32 Å². The summed E-state index contributed by atoms with van der Waals surface area (Å²) in [6, 6.07) is 17.3. The van der Waals surface area contributed by atoms with E-state index in [9.17, 15) is 4.79 Å².